The highest BCUT2D eigenvalue weighted by Gasteiger charge is 2.24. The highest BCUT2D eigenvalue weighted by molar-refractivity contribution is 5.59. The zero-order chi connectivity index (χ0) is 12.4. The van der Waals surface area contributed by atoms with Crippen molar-refractivity contribution in [2.45, 2.75) is 46.1 Å². The summed E-state index contributed by atoms with van der Waals surface area (Å²) in [6, 6.07) is 7.04. The lowest BCUT2D eigenvalue weighted by Crippen LogP contribution is -2.41. The van der Waals surface area contributed by atoms with Crippen molar-refractivity contribution in [3.63, 3.8) is 0 Å². The van der Waals surface area contributed by atoms with Gasteiger partial charge in [0, 0.05) is 24.0 Å². The van der Waals surface area contributed by atoms with Crippen molar-refractivity contribution in [3.8, 4) is 0 Å². The molecule has 0 aliphatic carbocycles. The zero-order valence-electron chi connectivity index (χ0n) is 11.2. The van der Waals surface area contributed by atoms with Crippen LogP contribution in [0.15, 0.2) is 18.2 Å². The maximum atomic E-state index is 5.95. The van der Waals surface area contributed by atoms with Gasteiger partial charge in [-0.05, 0) is 56.4 Å². The van der Waals surface area contributed by atoms with Gasteiger partial charge in [0.05, 0.1) is 0 Å². The molecular formula is C15H24N2. The quantitative estimate of drug-likeness (QED) is 0.790. The smallest absolute Gasteiger partial charge is 0.0392 e. The van der Waals surface area contributed by atoms with Gasteiger partial charge in [-0.25, -0.2) is 0 Å². The van der Waals surface area contributed by atoms with Gasteiger partial charge in [0.1, 0.15) is 0 Å². The van der Waals surface area contributed by atoms with Gasteiger partial charge in [-0.1, -0.05) is 13.3 Å². The van der Waals surface area contributed by atoms with Gasteiger partial charge >= 0.3 is 0 Å². The monoisotopic (exact) mass is 232 g/mol. The topological polar surface area (TPSA) is 29.3 Å². The highest BCUT2D eigenvalue weighted by atomic mass is 15.2. The molecule has 1 aromatic carbocycles. The van der Waals surface area contributed by atoms with Gasteiger partial charge in [-0.2, -0.15) is 0 Å². The average Bonchev–Trinajstić information content (AvgIpc) is 2.28. The van der Waals surface area contributed by atoms with Gasteiger partial charge in [0.2, 0.25) is 0 Å². The fraction of sp³-hybridized carbons (Fsp3) is 0.600. The number of hydrogen-bond acceptors (Lipinski definition) is 2. The average molecular weight is 232 g/mol. The van der Waals surface area contributed by atoms with Crippen LogP contribution >= 0.6 is 0 Å². The van der Waals surface area contributed by atoms with Crippen LogP contribution in [0.25, 0.3) is 0 Å². The largest absolute Gasteiger partial charge is 0.399 e. The molecule has 2 rings (SSSR count). The third kappa shape index (κ3) is 2.74. The Labute approximate surface area is 105 Å². The summed E-state index contributed by atoms with van der Waals surface area (Å²) in [5, 5.41) is 0. The van der Waals surface area contributed by atoms with Crippen LogP contribution in [0, 0.1) is 12.8 Å². The first-order valence-electron chi connectivity index (χ1n) is 6.74. The normalized spacial score (nSPS) is 25.0. The molecule has 0 bridgehead atoms. The van der Waals surface area contributed by atoms with E-state index in [1.54, 1.807) is 0 Å². The molecule has 0 radical (unpaired) electrons. The first-order chi connectivity index (χ1) is 8.10. The van der Waals surface area contributed by atoms with Crippen LogP contribution in [0.2, 0.25) is 0 Å². The van der Waals surface area contributed by atoms with Crippen LogP contribution in [-0.4, -0.2) is 12.6 Å². The van der Waals surface area contributed by atoms with Crippen molar-refractivity contribution < 1.29 is 0 Å². The predicted octanol–water partition coefficient (Wildman–Crippen LogP) is 3.59. The Morgan fingerprint density at radius 1 is 1.29 bits per heavy atom. The summed E-state index contributed by atoms with van der Waals surface area (Å²) in [6.07, 6.45) is 3.95. The number of aryl methyl sites for hydroxylation is 1. The van der Waals surface area contributed by atoms with E-state index in [2.05, 4.69) is 37.8 Å². The third-order valence-corrected chi connectivity index (χ3v) is 3.97. The molecule has 1 saturated heterocycles. The number of nitrogen functional groups attached to an aromatic ring is 1. The second kappa shape index (κ2) is 4.99. The summed E-state index contributed by atoms with van der Waals surface area (Å²) in [7, 11) is 0. The van der Waals surface area contributed by atoms with Crippen molar-refractivity contribution in [3.05, 3.63) is 23.8 Å². The van der Waals surface area contributed by atoms with Crippen molar-refractivity contribution in [1.29, 1.82) is 0 Å². The van der Waals surface area contributed by atoms with Gasteiger partial charge < -0.3 is 10.6 Å². The molecule has 0 spiro atoms. The molecule has 2 heteroatoms. The number of rotatable bonds is 2. The van der Waals surface area contributed by atoms with Crippen LogP contribution in [0.1, 0.15) is 38.7 Å². The van der Waals surface area contributed by atoms with Crippen molar-refractivity contribution in [2.24, 2.45) is 5.92 Å². The molecule has 17 heavy (non-hydrogen) atoms. The summed E-state index contributed by atoms with van der Waals surface area (Å²) >= 11 is 0. The van der Waals surface area contributed by atoms with E-state index in [0.717, 1.165) is 11.6 Å². The van der Waals surface area contributed by atoms with E-state index >= 15 is 0 Å². The number of anilines is 2. The second-order valence-electron chi connectivity index (χ2n) is 5.45. The lowest BCUT2D eigenvalue weighted by molar-refractivity contribution is 0.359. The molecule has 1 heterocycles. The summed E-state index contributed by atoms with van der Waals surface area (Å²) < 4.78 is 0. The standard InChI is InChI=1S/C15H24N2/c1-4-13-6-5-12(3)17(10-13)15-8-11(2)7-14(16)9-15/h7-9,12-13H,4-6,10,16H2,1-3H3. The van der Waals surface area contributed by atoms with E-state index < -0.39 is 0 Å². The minimum Gasteiger partial charge on any atom is -0.399 e. The highest BCUT2D eigenvalue weighted by Crippen LogP contribution is 2.30. The molecule has 1 aliphatic rings. The van der Waals surface area contributed by atoms with Crippen molar-refractivity contribution in [1.82, 2.24) is 0 Å². The van der Waals surface area contributed by atoms with Crippen LogP contribution < -0.4 is 10.6 Å². The number of nitrogens with zero attached hydrogens (tertiary/aromatic N) is 1. The Morgan fingerprint density at radius 3 is 2.71 bits per heavy atom. The molecule has 0 saturated carbocycles. The minimum absolute atomic E-state index is 0.638. The fourth-order valence-corrected chi connectivity index (χ4v) is 2.83. The SMILES string of the molecule is CCC1CCC(C)N(c2cc(C)cc(N)c2)C1. The Kier molecular flexibility index (Phi) is 3.60. The molecule has 1 aromatic rings. The van der Waals surface area contributed by atoms with Crippen LogP contribution in [0.5, 0.6) is 0 Å². The molecule has 1 fully saturated rings. The molecule has 2 N–H and O–H groups in total. The molecule has 94 valence electrons. The summed E-state index contributed by atoms with van der Waals surface area (Å²) in [5.41, 5.74) is 9.39. The van der Waals surface area contributed by atoms with Crippen LogP contribution in [0.4, 0.5) is 11.4 Å². The maximum Gasteiger partial charge on any atom is 0.0392 e. The Morgan fingerprint density at radius 2 is 2.06 bits per heavy atom. The molecule has 1 aliphatic heterocycles. The maximum absolute atomic E-state index is 5.95. The molecule has 2 atom stereocenters. The number of hydrogen-bond donors (Lipinski definition) is 1. The van der Waals surface area contributed by atoms with E-state index in [-0.39, 0.29) is 0 Å². The first-order valence-corrected chi connectivity index (χ1v) is 6.74. The summed E-state index contributed by atoms with van der Waals surface area (Å²) in [4.78, 5) is 2.53. The van der Waals surface area contributed by atoms with Gasteiger partial charge in [0.25, 0.3) is 0 Å². The molecule has 0 amide bonds. The molecule has 0 aromatic heterocycles. The van der Waals surface area contributed by atoms with Gasteiger partial charge in [-0.3, -0.25) is 0 Å². The lowest BCUT2D eigenvalue weighted by Gasteiger charge is -2.39. The Bertz CT molecular complexity index is 366. The first kappa shape index (κ1) is 12.3. The van der Waals surface area contributed by atoms with E-state index in [1.165, 1.54) is 37.1 Å². The summed E-state index contributed by atoms with van der Waals surface area (Å²) in [5.74, 6) is 0.841. The van der Waals surface area contributed by atoms with E-state index in [9.17, 15) is 0 Å². The molecule has 2 nitrogen and oxygen atoms in total. The number of piperidine rings is 1. The molecular weight excluding hydrogens is 208 g/mol. The van der Waals surface area contributed by atoms with Gasteiger partial charge in [-0.15, -0.1) is 0 Å². The molecule has 2 unspecified atom stereocenters. The van der Waals surface area contributed by atoms with E-state index in [1.807, 2.05) is 6.07 Å². The van der Waals surface area contributed by atoms with E-state index in [4.69, 9.17) is 5.73 Å². The van der Waals surface area contributed by atoms with Crippen LogP contribution in [0.3, 0.4) is 0 Å². The second-order valence-corrected chi connectivity index (χ2v) is 5.45. The van der Waals surface area contributed by atoms with E-state index in [0.29, 0.717) is 6.04 Å². The predicted molar refractivity (Wildman–Crippen MR) is 75.4 cm³/mol. The van der Waals surface area contributed by atoms with Crippen molar-refractivity contribution >= 4 is 11.4 Å². The van der Waals surface area contributed by atoms with Crippen LogP contribution in [-0.2, 0) is 0 Å². The Hall–Kier alpha value is -1.18. The Balaban J connectivity index is 2.24. The zero-order valence-corrected chi connectivity index (χ0v) is 11.2. The number of nitrogens with two attached hydrogens (primary N) is 1. The summed E-state index contributed by atoms with van der Waals surface area (Å²) in [6.45, 7) is 7.92. The minimum atomic E-state index is 0.638. The lowest BCUT2D eigenvalue weighted by atomic mass is 9.91. The van der Waals surface area contributed by atoms with Crippen molar-refractivity contribution in [2.75, 3.05) is 17.2 Å². The number of benzene rings is 1. The fourth-order valence-electron chi connectivity index (χ4n) is 2.83. The van der Waals surface area contributed by atoms with Gasteiger partial charge in [0.15, 0.2) is 0 Å². The third-order valence-electron chi connectivity index (χ3n) is 3.97.